The van der Waals surface area contributed by atoms with Gasteiger partial charge in [-0.15, -0.1) is 0 Å². The van der Waals surface area contributed by atoms with Crippen molar-refractivity contribution in [3.8, 4) is 0 Å². The van der Waals surface area contributed by atoms with Crippen LogP contribution in [0.1, 0.15) is 12.0 Å². The number of rotatable bonds is 4. The Bertz CT molecular complexity index is 808. The van der Waals surface area contributed by atoms with E-state index in [9.17, 15) is 9.18 Å². The van der Waals surface area contributed by atoms with Crippen LogP contribution in [-0.2, 0) is 11.3 Å². The smallest absolute Gasteiger partial charge is 0.226 e. The molecule has 0 fully saturated rings. The Morgan fingerprint density at radius 2 is 2.00 bits per heavy atom. The van der Waals surface area contributed by atoms with Gasteiger partial charge in [-0.25, -0.2) is 4.39 Å². The fourth-order valence-corrected chi connectivity index (χ4v) is 2.32. The van der Waals surface area contributed by atoms with E-state index < -0.39 is 0 Å². The molecular formula is C17H16FN3O. The fourth-order valence-electron chi connectivity index (χ4n) is 2.32. The number of amides is 1. The zero-order chi connectivity index (χ0) is 15.5. The van der Waals surface area contributed by atoms with Crippen LogP contribution in [0.5, 0.6) is 0 Å². The summed E-state index contributed by atoms with van der Waals surface area (Å²) in [5.41, 5.74) is 2.77. The maximum Gasteiger partial charge on any atom is 0.226 e. The van der Waals surface area contributed by atoms with Crippen molar-refractivity contribution in [1.82, 2.24) is 9.78 Å². The number of aryl methyl sites for hydroxylation is 2. The molecule has 1 aromatic heterocycles. The fraction of sp³-hybridized carbons (Fsp3) is 0.176. The molecule has 4 nitrogen and oxygen atoms in total. The highest BCUT2D eigenvalue weighted by Crippen LogP contribution is 2.16. The molecule has 2 aromatic carbocycles. The van der Waals surface area contributed by atoms with Gasteiger partial charge >= 0.3 is 0 Å². The molecule has 3 rings (SSSR count). The number of carbonyl (C=O) groups excluding carboxylic acids is 1. The molecule has 0 radical (unpaired) electrons. The first-order valence-electron chi connectivity index (χ1n) is 7.09. The van der Waals surface area contributed by atoms with Crippen molar-refractivity contribution < 1.29 is 9.18 Å². The molecule has 22 heavy (non-hydrogen) atoms. The van der Waals surface area contributed by atoms with Gasteiger partial charge in [0.2, 0.25) is 5.91 Å². The van der Waals surface area contributed by atoms with Crippen LogP contribution in [0.4, 0.5) is 10.1 Å². The summed E-state index contributed by atoms with van der Waals surface area (Å²) in [6.45, 7) is 2.53. The summed E-state index contributed by atoms with van der Waals surface area (Å²) in [4.78, 5) is 11.9. The molecule has 1 N–H and O–H groups in total. The number of anilines is 1. The number of nitrogens with one attached hydrogen (secondary N) is 1. The van der Waals surface area contributed by atoms with Crippen molar-refractivity contribution >= 4 is 22.5 Å². The number of fused-ring (bicyclic) bond motifs is 1. The van der Waals surface area contributed by atoms with Crippen LogP contribution in [0.3, 0.4) is 0 Å². The Balaban J connectivity index is 1.64. The quantitative estimate of drug-likeness (QED) is 0.801. The second-order valence-corrected chi connectivity index (χ2v) is 5.24. The predicted octanol–water partition coefficient (Wildman–Crippen LogP) is 3.51. The molecule has 0 aliphatic rings. The third kappa shape index (κ3) is 3.14. The van der Waals surface area contributed by atoms with E-state index in [0.29, 0.717) is 18.7 Å². The highest BCUT2D eigenvalue weighted by Gasteiger charge is 2.07. The average Bonchev–Trinajstić information content (AvgIpc) is 2.90. The first kappa shape index (κ1) is 14.3. The maximum atomic E-state index is 12.8. The summed E-state index contributed by atoms with van der Waals surface area (Å²) in [5.74, 6) is -0.445. The van der Waals surface area contributed by atoms with Crippen molar-refractivity contribution in [3.05, 3.63) is 60.0 Å². The van der Waals surface area contributed by atoms with Gasteiger partial charge in [-0.1, -0.05) is 12.1 Å². The minimum Gasteiger partial charge on any atom is -0.326 e. The number of aromatic nitrogens is 2. The van der Waals surface area contributed by atoms with Gasteiger partial charge < -0.3 is 5.32 Å². The Hall–Kier alpha value is -2.69. The molecule has 0 atom stereocenters. The third-order valence-electron chi connectivity index (χ3n) is 3.48. The molecular weight excluding hydrogens is 281 g/mol. The second-order valence-electron chi connectivity index (χ2n) is 5.24. The third-order valence-corrected chi connectivity index (χ3v) is 3.48. The van der Waals surface area contributed by atoms with E-state index >= 15 is 0 Å². The summed E-state index contributed by atoms with van der Waals surface area (Å²) in [6.07, 6.45) is 2.11. The van der Waals surface area contributed by atoms with Crippen molar-refractivity contribution in [2.75, 3.05) is 5.32 Å². The first-order chi connectivity index (χ1) is 10.6. The van der Waals surface area contributed by atoms with E-state index in [1.165, 1.54) is 12.1 Å². The molecule has 1 heterocycles. The largest absolute Gasteiger partial charge is 0.326 e. The number of carbonyl (C=O) groups is 1. The van der Waals surface area contributed by atoms with Gasteiger partial charge in [0.15, 0.2) is 0 Å². The molecule has 5 heteroatoms. The van der Waals surface area contributed by atoms with Crippen LogP contribution >= 0.6 is 0 Å². The molecule has 0 bridgehead atoms. The molecule has 0 aliphatic carbocycles. The molecule has 3 aromatic rings. The van der Waals surface area contributed by atoms with E-state index in [-0.39, 0.29) is 11.7 Å². The summed E-state index contributed by atoms with van der Waals surface area (Å²) in [7, 11) is 0. The summed E-state index contributed by atoms with van der Waals surface area (Å²) in [5, 5.41) is 8.12. The second kappa shape index (κ2) is 5.97. The van der Waals surface area contributed by atoms with Crippen LogP contribution in [0.15, 0.2) is 48.7 Å². The summed E-state index contributed by atoms with van der Waals surface area (Å²) >= 11 is 0. The molecule has 112 valence electrons. The molecule has 0 saturated heterocycles. The number of halogens is 1. The van der Waals surface area contributed by atoms with Crippen LogP contribution in [0.25, 0.3) is 10.9 Å². The van der Waals surface area contributed by atoms with Crippen molar-refractivity contribution in [2.45, 2.75) is 19.9 Å². The Kier molecular flexibility index (Phi) is 3.87. The van der Waals surface area contributed by atoms with Gasteiger partial charge in [0.25, 0.3) is 0 Å². The monoisotopic (exact) mass is 297 g/mol. The number of hydrogen-bond acceptors (Lipinski definition) is 2. The summed E-state index contributed by atoms with van der Waals surface area (Å²) < 4.78 is 14.6. The lowest BCUT2D eigenvalue weighted by molar-refractivity contribution is -0.116. The number of benzene rings is 2. The lowest BCUT2D eigenvalue weighted by Gasteiger charge is -2.06. The highest BCUT2D eigenvalue weighted by molar-refractivity contribution is 5.90. The van der Waals surface area contributed by atoms with Crippen molar-refractivity contribution in [3.63, 3.8) is 0 Å². The highest BCUT2D eigenvalue weighted by atomic mass is 19.1. The standard InChI is InChI=1S/C17H16FN3O/c1-12-2-3-13-11-19-21(16(13)10-12)9-8-17(22)20-15-6-4-14(18)5-7-15/h2-7,10-11H,8-9H2,1H3,(H,20,22). The van der Waals surface area contributed by atoms with E-state index in [1.807, 2.05) is 23.7 Å². The zero-order valence-electron chi connectivity index (χ0n) is 12.2. The maximum absolute atomic E-state index is 12.8. The zero-order valence-corrected chi connectivity index (χ0v) is 12.2. The first-order valence-corrected chi connectivity index (χ1v) is 7.09. The minimum atomic E-state index is -0.323. The van der Waals surface area contributed by atoms with Crippen molar-refractivity contribution in [2.24, 2.45) is 0 Å². The van der Waals surface area contributed by atoms with E-state index in [2.05, 4.69) is 16.5 Å². The van der Waals surface area contributed by atoms with Gasteiger partial charge in [0, 0.05) is 17.5 Å². The van der Waals surface area contributed by atoms with Gasteiger partial charge in [-0.3, -0.25) is 9.48 Å². The van der Waals surface area contributed by atoms with Crippen LogP contribution < -0.4 is 5.32 Å². The van der Waals surface area contributed by atoms with E-state index in [1.54, 1.807) is 18.3 Å². The van der Waals surface area contributed by atoms with Crippen LogP contribution in [0, 0.1) is 12.7 Å². The predicted molar refractivity (Wildman–Crippen MR) is 84.1 cm³/mol. The van der Waals surface area contributed by atoms with Gasteiger partial charge in [-0.05, 0) is 42.8 Å². The lowest BCUT2D eigenvalue weighted by Crippen LogP contribution is -2.15. The normalized spacial score (nSPS) is 10.8. The van der Waals surface area contributed by atoms with E-state index in [4.69, 9.17) is 0 Å². The molecule has 0 aliphatic heterocycles. The Morgan fingerprint density at radius 1 is 1.23 bits per heavy atom. The SMILES string of the molecule is Cc1ccc2cnn(CCC(=O)Nc3ccc(F)cc3)c2c1. The summed E-state index contributed by atoms with van der Waals surface area (Å²) in [6, 6.07) is 11.8. The molecule has 1 amide bonds. The van der Waals surface area contributed by atoms with Gasteiger partial charge in [0.1, 0.15) is 5.82 Å². The molecule has 0 saturated carbocycles. The Morgan fingerprint density at radius 3 is 2.77 bits per heavy atom. The topological polar surface area (TPSA) is 46.9 Å². The minimum absolute atomic E-state index is 0.122. The van der Waals surface area contributed by atoms with Crippen molar-refractivity contribution in [1.29, 1.82) is 0 Å². The Labute approximate surface area is 127 Å². The number of hydrogen-bond donors (Lipinski definition) is 1. The lowest BCUT2D eigenvalue weighted by atomic mass is 10.2. The average molecular weight is 297 g/mol. The van der Waals surface area contributed by atoms with Crippen LogP contribution in [0.2, 0.25) is 0 Å². The molecule has 0 unspecified atom stereocenters. The molecule has 0 spiro atoms. The van der Waals surface area contributed by atoms with Crippen LogP contribution in [-0.4, -0.2) is 15.7 Å². The van der Waals surface area contributed by atoms with Gasteiger partial charge in [-0.2, -0.15) is 5.10 Å². The van der Waals surface area contributed by atoms with Gasteiger partial charge in [0.05, 0.1) is 18.3 Å². The van der Waals surface area contributed by atoms with E-state index in [0.717, 1.165) is 16.5 Å². The number of nitrogens with zero attached hydrogens (tertiary/aromatic N) is 2.